The number of benzene rings is 1. The Morgan fingerprint density at radius 2 is 1.97 bits per heavy atom. The van der Waals surface area contributed by atoms with Crippen molar-refractivity contribution >= 4 is 16.9 Å². The number of nitrogens with one attached hydrogen (secondary N) is 1. The summed E-state index contributed by atoms with van der Waals surface area (Å²) in [6.45, 7) is 5.86. The monoisotopic (exact) mass is 469 g/mol. The highest BCUT2D eigenvalue weighted by atomic mass is 16.6. The van der Waals surface area contributed by atoms with Crippen LogP contribution in [0.5, 0.6) is 11.5 Å². The largest absolute Gasteiger partial charge is 0.497 e. The van der Waals surface area contributed by atoms with Gasteiger partial charge in [-0.1, -0.05) is 0 Å². The minimum atomic E-state index is -0.300. The summed E-state index contributed by atoms with van der Waals surface area (Å²) in [7, 11) is 7.13. The second-order valence-electron chi connectivity index (χ2n) is 9.92. The molecule has 0 spiro atoms. The lowest BCUT2D eigenvalue weighted by molar-refractivity contribution is -0.153. The molecule has 184 valence electrons. The van der Waals surface area contributed by atoms with E-state index in [0.717, 1.165) is 42.9 Å². The minimum absolute atomic E-state index is 0.0615. The van der Waals surface area contributed by atoms with Gasteiger partial charge in [0.05, 0.1) is 38.2 Å². The summed E-state index contributed by atoms with van der Waals surface area (Å²) >= 11 is 0. The SMILES string of the molecule is COc1cc2[nH]c3c(c2cc1OC)CCN1C[C@H]2[C@H](C)OC=C(C(=O)OC(C)N(C)C)[C@H]2C[C@H]31. The van der Waals surface area contributed by atoms with E-state index in [-0.39, 0.29) is 36.2 Å². The maximum atomic E-state index is 13.1. The molecule has 3 aliphatic rings. The molecule has 0 aliphatic carbocycles. The first kappa shape index (κ1) is 23.1. The fourth-order valence-electron chi connectivity index (χ4n) is 5.77. The summed E-state index contributed by atoms with van der Waals surface area (Å²) in [4.78, 5) is 21.2. The highest BCUT2D eigenvalue weighted by Gasteiger charge is 2.47. The number of carbonyl (C=O) groups is 1. The lowest BCUT2D eigenvalue weighted by atomic mass is 9.72. The van der Waals surface area contributed by atoms with E-state index in [4.69, 9.17) is 18.9 Å². The fraction of sp³-hybridized carbons (Fsp3) is 0.577. The molecule has 2 aromatic rings. The maximum Gasteiger partial charge on any atom is 0.338 e. The Hall–Kier alpha value is -2.71. The van der Waals surface area contributed by atoms with Crippen LogP contribution in [0.2, 0.25) is 0 Å². The Labute approximate surface area is 200 Å². The molecule has 0 radical (unpaired) electrons. The Kier molecular flexibility index (Phi) is 5.98. The van der Waals surface area contributed by atoms with Gasteiger partial charge in [0.15, 0.2) is 17.7 Å². The van der Waals surface area contributed by atoms with Gasteiger partial charge in [0, 0.05) is 47.6 Å². The number of ether oxygens (including phenoxy) is 4. The first-order valence-electron chi connectivity index (χ1n) is 12.1. The molecule has 1 N–H and O–H groups in total. The molecule has 1 unspecified atom stereocenters. The molecule has 8 nitrogen and oxygen atoms in total. The molecule has 1 saturated heterocycles. The smallest absolute Gasteiger partial charge is 0.338 e. The van der Waals surface area contributed by atoms with Gasteiger partial charge in [0.1, 0.15) is 0 Å². The lowest BCUT2D eigenvalue weighted by Gasteiger charge is -2.49. The van der Waals surface area contributed by atoms with Crippen LogP contribution in [0.4, 0.5) is 0 Å². The molecule has 34 heavy (non-hydrogen) atoms. The number of aromatic nitrogens is 1. The summed E-state index contributed by atoms with van der Waals surface area (Å²) in [6, 6.07) is 4.30. The van der Waals surface area contributed by atoms with E-state index in [1.165, 1.54) is 16.6 Å². The minimum Gasteiger partial charge on any atom is -0.497 e. The zero-order valence-corrected chi connectivity index (χ0v) is 20.9. The van der Waals surface area contributed by atoms with Crippen molar-refractivity contribution in [3.05, 3.63) is 35.2 Å². The summed E-state index contributed by atoms with van der Waals surface area (Å²) in [6.07, 6.45) is 3.23. The van der Waals surface area contributed by atoms with Gasteiger partial charge in [-0.05, 0) is 52.4 Å². The number of esters is 1. The van der Waals surface area contributed by atoms with Crippen molar-refractivity contribution in [1.29, 1.82) is 0 Å². The van der Waals surface area contributed by atoms with Crippen LogP contribution in [0, 0.1) is 11.8 Å². The fourth-order valence-corrected chi connectivity index (χ4v) is 5.77. The first-order valence-corrected chi connectivity index (χ1v) is 12.1. The first-order chi connectivity index (χ1) is 16.3. The van der Waals surface area contributed by atoms with Crippen LogP contribution < -0.4 is 9.47 Å². The molecule has 0 saturated carbocycles. The van der Waals surface area contributed by atoms with Gasteiger partial charge < -0.3 is 23.9 Å². The quantitative estimate of drug-likeness (QED) is 0.531. The van der Waals surface area contributed by atoms with E-state index in [1.54, 1.807) is 20.5 Å². The van der Waals surface area contributed by atoms with Crippen LogP contribution in [0.3, 0.4) is 0 Å². The van der Waals surface area contributed by atoms with Crippen molar-refractivity contribution in [3.63, 3.8) is 0 Å². The summed E-state index contributed by atoms with van der Waals surface area (Å²) in [5.41, 5.74) is 4.29. The van der Waals surface area contributed by atoms with E-state index in [1.807, 2.05) is 32.0 Å². The number of carbonyl (C=O) groups excluding carboxylic acids is 1. The van der Waals surface area contributed by atoms with Gasteiger partial charge in [-0.25, -0.2) is 4.79 Å². The van der Waals surface area contributed by atoms with Crippen LogP contribution in [0.25, 0.3) is 10.9 Å². The maximum absolute atomic E-state index is 13.1. The number of fused-ring (bicyclic) bond motifs is 6. The normalized spacial score (nSPS) is 27.2. The number of nitrogens with zero attached hydrogens (tertiary/aromatic N) is 2. The van der Waals surface area contributed by atoms with E-state index < -0.39 is 0 Å². The number of methoxy groups -OCH3 is 2. The second kappa shape index (κ2) is 8.82. The molecule has 0 bridgehead atoms. The Morgan fingerprint density at radius 3 is 2.68 bits per heavy atom. The molecule has 0 amide bonds. The van der Waals surface area contributed by atoms with Gasteiger partial charge >= 0.3 is 5.97 Å². The van der Waals surface area contributed by atoms with Crippen molar-refractivity contribution in [3.8, 4) is 11.5 Å². The van der Waals surface area contributed by atoms with E-state index in [9.17, 15) is 4.79 Å². The summed E-state index contributed by atoms with van der Waals surface area (Å²) in [5.74, 6) is 1.52. The predicted molar refractivity (Wildman–Crippen MR) is 129 cm³/mol. The molecule has 4 heterocycles. The van der Waals surface area contributed by atoms with Crippen LogP contribution in [-0.4, -0.2) is 74.5 Å². The topological polar surface area (TPSA) is 76.3 Å². The van der Waals surface area contributed by atoms with Gasteiger partial charge in [-0.2, -0.15) is 0 Å². The number of piperidine rings is 1. The molecule has 1 aromatic carbocycles. The van der Waals surface area contributed by atoms with E-state index >= 15 is 0 Å². The molecule has 1 aromatic heterocycles. The zero-order valence-electron chi connectivity index (χ0n) is 20.9. The van der Waals surface area contributed by atoms with E-state index in [2.05, 4.69) is 22.9 Å². The van der Waals surface area contributed by atoms with Crippen molar-refractivity contribution in [2.45, 2.75) is 45.1 Å². The molecular weight excluding hydrogens is 434 g/mol. The van der Waals surface area contributed by atoms with Crippen LogP contribution in [0.1, 0.15) is 37.6 Å². The molecule has 3 aliphatic heterocycles. The second-order valence-corrected chi connectivity index (χ2v) is 9.92. The Bertz CT molecular complexity index is 1120. The summed E-state index contributed by atoms with van der Waals surface area (Å²) in [5, 5.41) is 1.18. The highest BCUT2D eigenvalue weighted by molar-refractivity contribution is 5.90. The lowest BCUT2D eigenvalue weighted by Crippen LogP contribution is -2.51. The molecule has 8 heteroatoms. The van der Waals surface area contributed by atoms with Crippen LogP contribution >= 0.6 is 0 Å². The number of rotatable bonds is 5. The average Bonchev–Trinajstić information content (AvgIpc) is 3.20. The Balaban J connectivity index is 1.48. The van der Waals surface area contributed by atoms with Gasteiger partial charge in [-0.15, -0.1) is 0 Å². The third-order valence-electron chi connectivity index (χ3n) is 7.96. The van der Waals surface area contributed by atoms with Crippen LogP contribution in [0.15, 0.2) is 24.0 Å². The molecule has 5 atom stereocenters. The summed E-state index contributed by atoms with van der Waals surface area (Å²) < 4.78 is 22.7. The standard InChI is InChI=1S/C26H35N3O5/c1-14-19-12-29-8-7-16-18-10-23(31-5)24(32-6)11-21(18)27-25(16)22(29)9-17(19)20(13-33-14)26(30)34-15(2)28(3)4/h10-11,13-15,17,19,22,27H,7-9,12H2,1-6H3/t14-,15?,17-,19-,22+/m0/s1. The molecule has 5 rings (SSSR count). The highest BCUT2D eigenvalue weighted by Crippen LogP contribution is 2.48. The number of aromatic amines is 1. The molecular formula is C26H35N3O5. The Morgan fingerprint density at radius 1 is 1.24 bits per heavy atom. The van der Waals surface area contributed by atoms with Gasteiger partial charge in [0.25, 0.3) is 0 Å². The van der Waals surface area contributed by atoms with Gasteiger partial charge in [-0.3, -0.25) is 9.80 Å². The van der Waals surface area contributed by atoms with Crippen LogP contribution in [-0.2, 0) is 20.7 Å². The third kappa shape index (κ3) is 3.73. The van der Waals surface area contributed by atoms with Crippen molar-refractivity contribution in [2.24, 2.45) is 11.8 Å². The average molecular weight is 470 g/mol. The molecule has 1 fully saturated rings. The van der Waals surface area contributed by atoms with Gasteiger partial charge in [0.2, 0.25) is 0 Å². The van der Waals surface area contributed by atoms with E-state index in [0.29, 0.717) is 5.57 Å². The number of hydrogen-bond acceptors (Lipinski definition) is 7. The third-order valence-corrected chi connectivity index (χ3v) is 7.96. The van der Waals surface area contributed by atoms with Crippen molar-refractivity contribution < 1.29 is 23.7 Å². The van der Waals surface area contributed by atoms with Crippen molar-refractivity contribution in [1.82, 2.24) is 14.8 Å². The number of H-pyrrole nitrogens is 1. The number of hydrogen-bond donors (Lipinski definition) is 1. The van der Waals surface area contributed by atoms with Crippen molar-refractivity contribution in [2.75, 3.05) is 41.4 Å². The zero-order chi connectivity index (χ0) is 24.1. The predicted octanol–water partition coefficient (Wildman–Crippen LogP) is 3.47.